The van der Waals surface area contributed by atoms with Crippen molar-refractivity contribution in [2.45, 2.75) is 57.7 Å². The van der Waals surface area contributed by atoms with Gasteiger partial charge in [0, 0.05) is 12.7 Å². The number of pyridine rings is 1. The molecule has 0 unspecified atom stereocenters. The molecule has 1 aliphatic rings. The highest BCUT2D eigenvalue weighted by Crippen LogP contribution is 2.31. The normalized spacial score (nSPS) is 22.7. The Balaban J connectivity index is 2.12. The molecule has 6 nitrogen and oxygen atoms in total. The molecular formula is C17H22F5N3O3. The third-order valence-electron chi connectivity index (χ3n) is 3.87. The molecule has 2 rings (SSSR count). The van der Waals surface area contributed by atoms with Crippen LogP contribution in [0.2, 0.25) is 0 Å². The monoisotopic (exact) mass is 411 g/mol. The number of carbonyl (C=O) groups excluding carboxylic acids is 1. The van der Waals surface area contributed by atoms with Gasteiger partial charge in [0.1, 0.15) is 18.0 Å². The largest absolute Gasteiger partial charge is 0.444 e. The summed E-state index contributed by atoms with van der Waals surface area (Å²) in [5, 5.41) is 2.75. The summed E-state index contributed by atoms with van der Waals surface area (Å²) in [5.74, 6) is 0.0988. The first kappa shape index (κ1) is 22.1. The zero-order chi connectivity index (χ0) is 21.3. The Kier molecular flexibility index (Phi) is 6.07. The molecule has 0 bridgehead atoms. The van der Waals surface area contributed by atoms with Gasteiger partial charge in [-0.15, -0.1) is 0 Å². The lowest BCUT2D eigenvalue weighted by atomic mass is 10.1. The fourth-order valence-electron chi connectivity index (χ4n) is 2.63. The highest BCUT2D eigenvalue weighted by Gasteiger charge is 2.48. The lowest BCUT2D eigenvalue weighted by molar-refractivity contribution is -0.300. The van der Waals surface area contributed by atoms with Gasteiger partial charge < -0.3 is 14.8 Å². The highest BCUT2D eigenvalue weighted by molar-refractivity contribution is 5.69. The molecule has 1 saturated heterocycles. The van der Waals surface area contributed by atoms with E-state index in [0.717, 1.165) is 17.0 Å². The van der Waals surface area contributed by atoms with Crippen LogP contribution in [-0.2, 0) is 15.7 Å². The smallest absolute Gasteiger partial charge is 0.417 e. The van der Waals surface area contributed by atoms with Crippen LogP contribution in [0.1, 0.15) is 33.3 Å². The number of anilines is 1. The van der Waals surface area contributed by atoms with Crippen LogP contribution in [-0.4, -0.2) is 52.9 Å². The van der Waals surface area contributed by atoms with Gasteiger partial charge in [-0.2, -0.15) is 22.0 Å². The Morgan fingerprint density at radius 1 is 1.36 bits per heavy atom. The van der Waals surface area contributed by atoms with Crippen molar-refractivity contribution in [2.75, 3.05) is 18.4 Å². The van der Waals surface area contributed by atoms with Gasteiger partial charge in [0.25, 0.3) is 0 Å². The summed E-state index contributed by atoms with van der Waals surface area (Å²) < 4.78 is 75.2. The Bertz CT molecular complexity index is 689. The van der Waals surface area contributed by atoms with Crippen molar-refractivity contribution in [1.82, 2.24) is 9.88 Å². The van der Waals surface area contributed by atoms with Crippen LogP contribution in [0, 0.1) is 0 Å². The van der Waals surface area contributed by atoms with E-state index >= 15 is 0 Å². The average Bonchev–Trinajstić information content (AvgIpc) is 2.50. The average molecular weight is 411 g/mol. The highest BCUT2D eigenvalue weighted by atomic mass is 19.4. The Labute approximate surface area is 159 Å². The third-order valence-corrected chi connectivity index (χ3v) is 3.87. The first-order chi connectivity index (χ1) is 12.7. The lowest BCUT2D eigenvalue weighted by Gasteiger charge is -2.43. The first-order valence-electron chi connectivity index (χ1n) is 8.50. The number of amides is 1. The second kappa shape index (κ2) is 7.69. The number of nitrogens with one attached hydrogen (secondary N) is 1. The molecule has 0 saturated carbocycles. The maximum absolute atomic E-state index is 13.8. The van der Waals surface area contributed by atoms with E-state index in [4.69, 9.17) is 4.74 Å². The van der Waals surface area contributed by atoms with E-state index < -0.39 is 48.2 Å². The predicted octanol–water partition coefficient (Wildman–Crippen LogP) is 4.13. The van der Waals surface area contributed by atoms with Crippen LogP contribution >= 0.6 is 0 Å². The molecule has 1 aliphatic heterocycles. The second-order valence-corrected chi connectivity index (χ2v) is 7.45. The van der Waals surface area contributed by atoms with Gasteiger partial charge in [-0.05, 0) is 39.8 Å². The molecule has 158 valence electrons. The van der Waals surface area contributed by atoms with Crippen LogP contribution in [0.5, 0.6) is 0 Å². The molecule has 2 heterocycles. The summed E-state index contributed by atoms with van der Waals surface area (Å²) >= 11 is 0. The van der Waals surface area contributed by atoms with Crippen molar-refractivity contribution < 1.29 is 36.2 Å². The van der Waals surface area contributed by atoms with Crippen LogP contribution in [0.15, 0.2) is 18.3 Å². The van der Waals surface area contributed by atoms with Crippen LogP contribution in [0.3, 0.4) is 0 Å². The number of alkyl halides is 5. The Morgan fingerprint density at radius 2 is 2.00 bits per heavy atom. The van der Waals surface area contributed by atoms with E-state index in [0.29, 0.717) is 6.20 Å². The molecule has 28 heavy (non-hydrogen) atoms. The SMILES string of the molecule is C[C@@H]1OC(F)(F)CN(C(=O)OC(C)(C)C)[C@@H]1CNc1ccc(C(F)(F)F)cn1. The van der Waals surface area contributed by atoms with Crippen LogP contribution < -0.4 is 5.32 Å². The number of hydrogen-bond acceptors (Lipinski definition) is 5. The first-order valence-corrected chi connectivity index (χ1v) is 8.50. The lowest BCUT2D eigenvalue weighted by Crippen LogP contribution is -2.61. The van der Waals surface area contributed by atoms with Gasteiger partial charge >= 0.3 is 18.4 Å². The number of carbonyl (C=O) groups is 1. The number of hydrogen-bond donors (Lipinski definition) is 1. The fraction of sp³-hybridized carbons (Fsp3) is 0.647. The molecule has 11 heteroatoms. The van der Waals surface area contributed by atoms with Gasteiger partial charge in [0.05, 0.1) is 17.7 Å². The van der Waals surface area contributed by atoms with E-state index in [-0.39, 0.29) is 12.4 Å². The molecule has 1 amide bonds. The standard InChI is InChI=1S/C17H22F5N3O3/c1-10-12(8-24-13-6-5-11(7-23-13)17(20,21)22)25(9-16(18,19)27-10)14(26)28-15(2,3)4/h5-7,10,12H,8-9H2,1-4H3,(H,23,24)/t10-,12+/m0/s1. The summed E-state index contributed by atoms with van der Waals surface area (Å²) in [4.78, 5) is 16.9. The number of ether oxygens (including phenoxy) is 2. The molecule has 0 aliphatic carbocycles. The van der Waals surface area contributed by atoms with Crippen molar-refractivity contribution in [1.29, 1.82) is 0 Å². The molecule has 1 aromatic heterocycles. The summed E-state index contributed by atoms with van der Waals surface area (Å²) in [7, 11) is 0. The molecule has 0 radical (unpaired) electrons. The van der Waals surface area contributed by atoms with Crippen molar-refractivity contribution in [3.63, 3.8) is 0 Å². The summed E-state index contributed by atoms with van der Waals surface area (Å²) in [6.45, 7) is 5.11. The number of morpholine rings is 1. The van der Waals surface area contributed by atoms with Crippen molar-refractivity contribution in [3.05, 3.63) is 23.9 Å². The quantitative estimate of drug-likeness (QED) is 0.758. The van der Waals surface area contributed by atoms with E-state index in [1.54, 1.807) is 20.8 Å². The van der Waals surface area contributed by atoms with Gasteiger partial charge in [-0.25, -0.2) is 9.78 Å². The molecule has 0 spiro atoms. The summed E-state index contributed by atoms with van der Waals surface area (Å²) in [5.41, 5.74) is -1.80. The zero-order valence-corrected chi connectivity index (χ0v) is 15.8. The van der Waals surface area contributed by atoms with Gasteiger partial charge in [0.2, 0.25) is 0 Å². The minimum atomic E-state index is -4.52. The van der Waals surface area contributed by atoms with Crippen molar-refractivity contribution >= 4 is 11.9 Å². The number of aromatic nitrogens is 1. The van der Waals surface area contributed by atoms with Crippen LogP contribution in [0.25, 0.3) is 0 Å². The Morgan fingerprint density at radius 3 is 2.50 bits per heavy atom. The number of rotatable bonds is 3. The van der Waals surface area contributed by atoms with Gasteiger partial charge in [0.15, 0.2) is 0 Å². The van der Waals surface area contributed by atoms with E-state index in [9.17, 15) is 26.7 Å². The van der Waals surface area contributed by atoms with E-state index in [1.807, 2.05) is 0 Å². The molecule has 1 N–H and O–H groups in total. The number of halogens is 5. The topological polar surface area (TPSA) is 63.7 Å². The van der Waals surface area contributed by atoms with E-state index in [2.05, 4.69) is 15.0 Å². The van der Waals surface area contributed by atoms with Crippen molar-refractivity contribution in [3.8, 4) is 0 Å². The van der Waals surface area contributed by atoms with Gasteiger partial charge in [-0.1, -0.05) is 0 Å². The second-order valence-electron chi connectivity index (χ2n) is 7.45. The maximum Gasteiger partial charge on any atom is 0.417 e. The molecular weight excluding hydrogens is 389 g/mol. The zero-order valence-electron chi connectivity index (χ0n) is 15.8. The minimum absolute atomic E-state index is 0.0745. The predicted molar refractivity (Wildman–Crippen MR) is 90.0 cm³/mol. The number of nitrogens with zero attached hydrogens (tertiary/aromatic N) is 2. The Hall–Kier alpha value is -2.17. The van der Waals surface area contributed by atoms with Crippen molar-refractivity contribution in [2.24, 2.45) is 0 Å². The molecule has 1 aromatic rings. The molecule has 0 aromatic carbocycles. The van der Waals surface area contributed by atoms with Crippen LogP contribution in [0.4, 0.5) is 32.6 Å². The summed E-state index contributed by atoms with van der Waals surface area (Å²) in [6.07, 6.45) is -9.40. The minimum Gasteiger partial charge on any atom is -0.444 e. The molecule has 2 atom stereocenters. The van der Waals surface area contributed by atoms with Gasteiger partial charge in [-0.3, -0.25) is 4.90 Å². The fourth-order valence-corrected chi connectivity index (χ4v) is 2.63. The maximum atomic E-state index is 13.8. The van der Waals surface area contributed by atoms with E-state index in [1.165, 1.54) is 6.92 Å². The molecule has 1 fully saturated rings. The third kappa shape index (κ3) is 5.91. The summed E-state index contributed by atoms with van der Waals surface area (Å²) in [6, 6.07) is 1.11.